The van der Waals surface area contributed by atoms with Gasteiger partial charge < -0.3 is 28.6 Å². The van der Waals surface area contributed by atoms with Crippen LogP contribution in [0.1, 0.15) is 22.8 Å². The first kappa shape index (κ1) is 20.5. The SMILES string of the molecule is [O-][Cl+2]([O-])OC1=C(O[Cl+2]([O-])[O-])c2cc3ccc(cc4ccc(cc5nc(cc1n2)C=C5)[nH]4)[nH]3. The summed E-state index contributed by atoms with van der Waals surface area (Å²) in [5.74, 6) is -0.770. The highest BCUT2D eigenvalue weighted by Crippen LogP contribution is 2.33. The number of hydrogen-bond acceptors (Lipinski definition) is 8. The number of halogens is 2. The summed E-state index contributed by atoms with van der Waals surface area (Å²) in [6.07, 6.45) is 3.47. The molecule has 0 fully saturated rings. The van der Waals surface area contributed by atoms with Crippen LogP contribution >= 0.6 is 0 Å². The van der Waals surface area contributed by atoms with Crippen LogP contribution in [0.2, 0.25) is 0 Å². The molecule has 3 aromatic rings. The Labute approximate surface area is 185 Å². The molecular weight excluding hydrogens is 463 g/mol. The van der Waals surface area contributed by atoms with E-state index < -0.39 is 21.6 Å². The molecule has 12 heteroatoms. The molecule has 5 heterocycles. The normalized spacial score (nSPS) is 13.3. The van der Waals surface area contributed by atoms with Gasteiger partial charge in [0, 0.05) is 22.1 Å². The molecular formula is C20H12Cl2N4O6. The van der Waals surface area contributed by atoms with Crippen molar-refractivity contribution in [1.29, 1.82) is 0 Å². The predicted octanol–water partition coefficient (Wildman–Crippen LogP) is -0.483. The Hall–Kier alpha value is -3.38. The molecule has 10 nitrogen and oxygen atoms in total. The second-order valence-electron chi connectivity index (χ2n) is 6.68. The first-order valence-electron chi connectivity index (χ1n) is 9.02. The number of fused-ring (bicyclic) bond motifs is 8. The van der Waals surface area contributed by atoms with E-state index in [0.29, 0.717) is 16.9 Å². The maximum Gasteiger partial charge on any atom is 0.350 e. The monoisotopic (exact) mass is 474 g/mol. The van der Waals surface area contributed by atoms with Crippen molar-refractivity contribution in [2.75, 3.05) is 0 Å². The first-order chi connectivity index (χ1) is 15.4. The number of aromatic nitrogens is 4. The topological polar surface area (TPSA) is 168 Å². The van der Waals surface area contributed by atoms with E-state index in [0.717, 1.165) is 16.6 Å². The maximum atomic E-state index is 11.2. The van der Waals surface area contributed by atoms with Crippen LogP contribution in [0.15, 0.2) is 48.5 Å². The number of rotatable bonds is 4. The average molecular weight is 475 g/mol. The second kappa shape index (κ2) is 8.28. The molecule has 0 saturated carbocycles. The lowest BCUT2D eigenvalue weighted by molar-refractivity contribution is -1.63. The Balaban J connectivity index is 1.82. The van der Waals surface area contributed by atoms with Gasteiger partial charge in [0.1, 0.15) is 11.4 Å². The van der Waals surface area contributed by atoms with Crippen molar-refractivity contribution < 1.29 is 48.8 Å². The summed E-state index contributed by atoms with van der Waals surface area (Å²) in [6.45, 7) is 0. The van der Waals surface area contributed by atoms with E-state index >= 15 is 0 Å². The van der Waals surface area contributed by atoms with E-state index in [1.807, 2.05) is 30.3 Å². The molecule has 32 heavy (non-hydrogen) atoms. The molecule has 0 unspecified atom stereocenters. The quantitative estimate of drug-likeness (QED) is 0.399. The van der Waals surface area contributed by atoms with Gasteiger partial charge in [0.15, 0.2) is 0 Å². The van der Waals surface area contributed by atoms with E-state index in [1.165, 1.54) is 12.1 Å². The Morgan fingerprint density at radius 3 is 1.62 bits per heavy atom. The summed E-state index contributed by atoms with van der Waals surface area (Å²) >= 11 is 0. The highest BCUT2D eigenvalue weighted by atomic mass is 35.6. The van der Waals surface area contributed by atoms with Gasteiger partial charge in [-0.15, -0.1) is 0 Å². The summed E-state index contributed by atoms with van der Waals surface area (Å²) in [4.78, 5) is 15.2. The molecule has 2 aliphatic rings. The standard InChI is InChI=1S/C20H12Cl2N4O6/c27-21(28)31-19-17-9-15-5-3-13(24-15)7-11-1-2-12(23-11)8-14-4-6-16(25-14)10-18(26-17)20(19)32-22(29)30/h1-10,23-24H. The Morgan fingerprint density at radius 2 is 1.06 bits per heavy atom. The second-order valence-corrected chi connectivity index (χ2v) is 7.75. The van der Waals surface area contributed by atoms with E-state index in [9.17, 15) is 18.6 Å². The van der Waals surface area contributed by atoms with Gasteiger partial charge in [-0.3, -0.25) is 0 Å². The minimum atomic E-state index is -2.63. The number of H-pyrrole nitrogens is 2. The minimum absolute atomic E-state index is 0.0248. The molecule has 0 aliphatic carbocycles. The van der Waals surface area contributed by atoms with E-state index in [2.05, 4.69) is 19.9 Å². The molecule has 0 atom stereocenters. The Kier molecular flexibility index (Phi) is 5.31. The smallest absolute Gasteiger partial charge is 0.350 e. The number of aromatic amines is 2. The average Bonchev–Trinajstić information content (AvgIpc) is 3.49. The van der Waals surface area contributed by atoms with Crippen LogP contribution in [0.4, 0.5) is 0 Å². The van der Waals surface area contributed by atoms with Gasteiger partial charge in [-0.2, -0.15) is 0 Å². The molecule has 3 aromatic heterocycles. The zero-order chi connectivity index (χ0) is 22.2. The molecule has 2 N–H and O–H groups in total. The van der Waals surface area contributed by atoms with Crippen molar-refractivity contribution >= 4 is 45.7 Å². The molecule has 0 spiro atoms. The molecule has 0 saturated heterocycles. The Morgan fingerprint density at radius 1 is 0.594 bits per heavy atom. The van der Waals surface area contributed by atoms with Gasteiger partial charge in [-0.05, 0) is 60.7 Å². The van der Waals surface area contributed by atoms with Crippen molar-refractivity contribution in [2.45, 2.75) is 0 Å². The van der Waals surface area contributed by atoms with Crippen molar-refractivity contribution in [3.05, 3.63) is 71.3 Å². The summed E-state index contributed by atoms with van der Waals surface area (Å²) < 4.78 is 54.4. The summed E-state index contributed by atoms with van der Waals surface area (Å²) in [5, 5.41) is 0. The molecule has 0 radical (unpaired) electrons. The van der Waals surface area contributed by atoms with E-state index in [4.69, 9.17) is 8.58 Å². The summed E-state index contributed by atoms with van der Waals surface area (Å²) in [7, 11) is -5.26. The van der Waals surface area contributed by atoms with Crippen molar-refractivity contribution in [3.8, 4) is 0 Å². The largest absolute Gasteiger partial charge is 0.355 e. The fourth-order valence-electron chi connectivity index (χ4n) is 3.30. The van der Waals surface area contributed by atoms with Crippen LogP contribution in [-0.2, 0) is 8.58 Å². The predicted molar refractivity (Wildman–Crippen MR) is 98.9 cm³/mol. The van der Waals surface area contributed by atoms with Crippen LogP contribution in [-0.4, -0.2) is 19.9 Å². The Bertz CT molecular complexity index is 1410. The summed E-state index contributed by atoms with van der Waals surface area (Å²) in [6, 6.07) is 14.1. The third-order valence-electron chi connectivity index (χ3n) is 4.53. The molecule has 0 aromatic carbocycles. The van der Waals surface area contributed by atoms with Crippen molar-refractivity contribution in [1.82, 2.24) is 19.9 Å². The number of hydrogen-bond donors (Lipinski definition) is 2. The lowest BCUT2D eigenvalue weighted by Gasteiger charge is -1.98. The molecule has 162 valence electrons. The van der Waals surface area contributed by atoms with Crippen LogP contribution in [0, 0.1) is 21.6 Å². The van der Waals surface area contributed by atoms with Crippen LogP contribution in [0.5, 0.6) is 0 Å². The van der Waals surface area contributed by atoms with Crippen molar-refractivity contribution in [3.63, 3.8) is 0 Å². The molecule has 0 amide bonds. The first-order valence-corrected chi connectivity index (χ1v) is 10.9. The van der Waals surface area contributed by atoms with Crippen LogP contribution in [0.3, 0.4) is 0 Å². The van der Waals surface area contributed by atoms with Gasteiger partial charge >= 0.3 is 33.1 Å². The maximum absolute atomic E-state index is 11.2. The number of nitrogens with zero attached hydrogens (tertiary/aromatic N) is 2. The molecule has 2 aliphatic heterocycles. The number of nitrogens with one attached hydrogen (secondary N) is 2. The third-order valence-corrected chi connectivity index (χ3v) is 5.09. The minimum Gasteiger partial charge on any atom is -0.355 e. The molecule has 8 bridgehead atoms. The highest BCUT2D eigenvalue weighted by Gasteiger charge is 2.37. The van der Waals surface area contributed by atoms with Gasteiger partial charge in [-0.25, -0.2) is 9.97 Å². The van der Waals surface area contributed by atoms with Gasteiger partial charge in [0.2, 0.25) is 0 Å². The van der Waals surface area contributed by atoms with Gasteiger partial charge in [0.05, 0.1) is 11.4 Å². The zero-order valence-corrected chi connectivity index (χ0v) is 17.4. The third kappa shape index (κ3) is 4.32. The molecule has 5 rings (SSSR count). The van der Waals surface area contributed by atoms with E-state index in [-0.39, 0.29) is 22.9 Å². The lowest BCUT2D eigenvalue weighted by atomic mass is 10.3. The highest BCUT2D eigenvalue weighted by molar-refractivity contribution is 5.86. The van der Waals surface area contributed by atoms with Crippen LogP contribution in [0.25, 0.3) is 45.7 Å². The fraction of sp³-hybridized carbons (Fsp3) is 0. The zero-order valence-electron chi connectivity index (χ0n) is 15.9. The van der Waals surface area contributed by atoms with Gasteiger partial charge in [-0.1, -0.05) is 8.58 Å². The van der Waals surface area contributed by atoms with Crippen molar-refractivity contribution in [2.24, 2.45) is 0 Å². The van der Waals surface area contributed by atoms with E-state index in [1.54, 1.807) is 18.2 Å². The van der Waals surface area contributed by atoms with Crippen LogP contribution < -0.4 is 18.6 Å². The van der Waals surface area contributed by atoms with Gasteiger partial charge in [0.25, 0.3) is 0 Å². The lowest BCUT2D eigenvalue weighted by Crippen LogP contribution is -2.35. The summed E-state index contributed by atoms with van der Waals surface area (Å²) in [5.41, 5.74) is 4.22. The fourth-order valence-corrected chi connectivity index (χ4v) is 3.85.